The number of nitrogens with zero attached hydrogens (tertiary/aromatic N) is 2. The minimum absolute atomic E-state index is 0.101. The van der Waals surface area contributed by atoms with E-state index in [9.17, 15) is 4.79 Å². The number of halogens is 1. The lowest BCUT2D eigenvalue weighted by atomic mass is 10.1. The van der Waals surface area contributed by atoms with Gasteiger partial charge in [0.25, 0.3) is 0 Å². The molecule has 1 aliphatic rings. The third-order valence-electron chi connectivity index (χ3n) is 4.63. The Morgan fingerprint density at radius 2 is 2.07 bits per heavy atom. The van der Waals surface area contributed by atoms with Crippen LogP contribution >= 0.6 is 23.4 Å². The third-order valence-corrected chi connectivity index (χ3v) is 6.03. The third kappa shape index (κ3) is 3.53. The Kier molecular flexibility index (Phi) is 4.81. The fourth-order valence-electron chi connectivity index (χ4n) is 3.24. The highest BCUT2D eigenvalue weighted by atomic mass is 35.5. The van der Waals surface area contributed by atoms with Gasteiger partial charge >= 0.3 is 5.97 Å². The predicted molar refractivity (Wildman–Crippen MR) is 110 cm³/mol. The molecule has 1 aliphatic heterocycles. The molecule has 1 N–H and O–H groups in total. The monoisotopic (exact) mass is 397 g/mol. The molecule has 2 aromatic carbocycles. The lowest BCUT2D eigenvalue weighted by molar-refractivity contribution is -0.670. The SMILES string of the molecule is CN1/C(=C/c2cc[n+](CCC(=O)O)c3ccccc23)Sc2ccc(Cl)cc21. The topological polar surface area (TPSA) is 44.4 Å². The first kappa shape index (κ1) is 17.9. The minimum Gasteiger partial charge on any atom is -0.481 e. The number of hydrogen-bond donors (Lipinski definition) is 1. The molecule has 3 aromatic rings. The summed E-state index contributed by atoms with van der Waals surface area (Å²) in [5.41, 5.74) is 3.24. The van der Waals surface area contributed by atoms with Gasteiger partial charge in [0, 0.05) is 29.1 Å². The summed E-state index contributed by atoms with van der Waals surface area (Å²) in [5, 5.41) is 11.9. The molecule has 4 nitrogen and oxygen atoms in total. The van der Waals surface area contributed by atoms with Crippen molar-refractivity contribution in [2.24, 2.45) is 0 Å². The van der Waals surface area contributed by atoms with Gasteiger partial charge in [0.1, 0.15) is 6.42 Å². The van der Waals surface area contributed by atoms with Crippen molar-refractivity contribution < 1.29 is 14.5 Å². The van der Waals surface area contributed by atoms with Crippen molar-refractivity contribution in [3.8, 4) is 0 Å². The molecule has 1 aromatic heterocycles. The van der Waals surface area contributed by atoms with E-state index in [1.807, 2.05) is 60.3 Å². The van der Waals surface area contributed by atoms with Crippen LogP contribution in [0.4, 0.5) is 5.69 Å². The van der Waals surface area contributed by atoms with Crippen LogP contribution in [-0.4, -0.2) is 18.1 Å². The van der Waals surface area contributed by atoms with E-state index in [2.05, 4.69) is 17.0 Å². The van der Waals surface area contributed by atoms with Crippen LogP contribution in [0, 0.1) is 0 Å². The van der Waals surface area contributed by atoms with E-state index in [1.54, 1.807) is 11.8 Å². The van der Waals surface area contributed by atoms with Gasteiger partial charge in [-0.2, -0.15) is 4.57 Å². The smallest absolute Gasteiger partial charge is 0.309 e. The first-order valence-electron chi connectivity index (χ1n) is 8.59. The van der Waals surface area contributed by atoms with E-state index in [4.69, 9.17) is 16.7 Å². The molecule has 4 rings (SSSR count). The van der Waals surface area contributed by atoms with Gasteiger partial charge in [-0.15, -0.1) is 0 Å². The normalized spacial score (nSPS) is 14.7. The maximum atomic E-state index is 10.9. The van der Waals surface area contributed by atoms with Crippen molar-refractivity contribution in [1.82, 2.24) is 0 Å². The van der Waals surface area contributed by atoms with E-state index >= 15 is 0 Å². The van der Waals surface area contributed by atoms with Crippen LogP contribution in [0.5, 0.6) is 0 Å². The fourth-order valence-corrected chi connectivity index (χ4v) is 4.49. The average molecular weight is 398 g/mol. The molecule has 0 atom stereocenters. The Hall–Kier alpha value is -2.50. The zero-order chi connectivity index (χ0) is 19.0. The minimum atomic E-state index is -0.793. The Bertz CT molecular complexity index is 1080. The molecule has 0 saturated carbocycles. The number of anilines is 1. The molecular formula is C21H18ClN2O2S+. The number of aromatic nitrogens is 1. The first-order valence-corrected chi connectivity index (χ1v) is 9.78. The van der Waals surface area contributed by atoms with E-state index in [1.165, 1.54) is 4.90 Å². The van der Waals surface area contributed by atoms with Crippen molar-refractivity contribution in [2.75, 3.05) is 11.9 Å². The summed E-state index contributed by atoms with van der Waals surface area (Å²) in [4.78, 5) is 14.3. The molecular weight excluding hydrogens is 380 g/mol. The summed E-state index contributed by atoms with van der Waals surface area (Å²) >= 11 is 7.86. The lowest BCUT2D eigenvalue weighted by Crippen LogP contribution is -2.35. The maximum absolute atomic E-state index is 10.9. The van der Waals surface area contributed by atoms with E-state index in [0.717, 1.165) is 32.2 Å². The largest absolute Gasteiger partial charge is 0.481 e. The highest BCUT2D eigenvalue weighted by Crippen LogP contribution is 2.46. The zero-order valence-corrected chi connectivity index (χ0v) is 16.3. The molecule has 136 valence electrons. The van der Waals surface area contributed by atoms with Crippen LogP contribution in [0.1, 0.15) is 12.0 Å². The van der Waals surface area contributed by atoms with Crippen LogP contribution in [0.2, 0.25) is 5.02 Å². The number of carbonyl (C=O) groups is 1. The number of pyridine rings is 1. The number of benzene rings is 2. The van der Waals surface area contributed by atoms with Gasteiger partial charge in [-0.05, 0) is 35.9 Å². The van der Waals surface area contributed by atoms with Crippen LogP contribution in [0.3, 0.4) is 0 Å². The van der Waals surface area contributed by atoms with Gasteiger partial charge in [-0.3, -0.25) is 4.79 Å². The van der Waals surface area contributed by atoms with Crippen molar-refractivity contribution in [3.63, 3.8) is 0 Å². The summed E-state index contributed by atoms with van der Waals surface area (Å²) < 4.78 is 1.99. The number of rotatable bonds is 4. The second-order valence-electron chi connectivity index (χ2n) is 6.38. The van der Waals surface area contributed by atoms with Crippen molar-refractivity contribution >= 4 is 52.0 Å². The van der Waals surface area contributed by atoms with Crippen molar-refractivity contribution in [1.29, 1.82) is 0 Å². The lowest BCUT2D eigenvalue weighted by Gasteiger charge is -2.14. The molecule has 0 bridgehead atoms. The summed E-state index contributed by atoms with van der Waals surface area (Å²) in [6, 6.07) is 16.1. The molecule has 27 heavy (non-hydrogen) atoms. The Labute approximate surface area is 166 Å². The van der Waals surface area contributed by atoms with E-state index < -0.39 is 5.97 Å². The zero-order valence-electron chi connectivity index (χ0n) is 14.7. The van der Waals surface area contributed by atoms with Crippen molar-refractivity contribution in [3.05, 3.63) is 70.3 Å². The van der Waals surface area contributed by atoms with Gasteiger partial charge in [0.2, 0.25) is 5.52 Å². The van der Waals surface area contributed by atoms with Crippen LogP contribution in [-0.2, 0) is 11.3 Å². The molecule has 0 fully saturated rings. The number of hydrogen-bond acceptors (Lipinski definition) is 3. The van der Waals surface area contributed by atoms with Gasteiger partial charge in [-0.1, -0.05) is 35.5 Å². The number of aliphatic carboxylic acids is 1. The van der Waals surface area contributed by atoms with Crippen molar-refractivity contribution in [2.45, 2.75) is 17.9 Å². The molecule has 0 saturated heterocycles. The van der Waals surface area contributed by atoms with Gasteiger partial charge in [0.05, 0.1) is 16.1 Å². The molecule has 6 heteroatoms. The van der Waals surface area contributed by atoms with Gasteiger partial charge < -0.3 is 10.0 Å². The molecule has 0 amide bonds. The quantitative estimate of drug-likeness (QED) is 0.642. The average Bonchev–Trinajstić information content (AvgIpc) is 2.96. The van der Waals surface area contributed by atoms with Crippen LogP contribution in [0.25, 0.3) is 17.0 Å². The number of thioether (sulfide) groups is 1. The second-order valence-corrected chi connectivity index (χ2v) is 7.88. The number of aryl methyl sites for hydroxylation is 1. The maximum Gasteiger partial charge on any atom is 0.309 e. The molecule has 2 heterocycles. The summed E-state index contributed by atoms with van der Waals surface area (Å²) in [7, 11) is 2.04. The number of fused-ring (bicyclic) bond motifs is 2. The van der Waals surface area contributed by atoms with E-state index in [-0.39, 0.29) is 6.42 Å². The summed E-state index contributed by atoms with van der Waals surface area (Å²) in [6.45, 7) is 0.450. The van der Waals surface area contributed by atoms with Crippen LogP contribution < -0.4 is 9.47 Å². The van der Waals surface area contributed by atoms with Gasteiger partial charge in [-0.25, -0.2) is 0 Å². The standard InChI is InChI=1S/C21H17ClN2O2S/c1-23-18-13-15(22)6-7-19(18)27-20(23)12-14-8-10-24(11-9-21(25)26)17-5-3-2-4-16(14)17/h2-8,10,12-13H,9,11H2,1H3/p+1. The van der Waals surface area contributed by atoms with E-state index in [0.29, 0.717) is 6.54 Å². The molecule has 0 spiro atoms. The highest BCUT2D eigenvalue weighted by molar-refractivity contribution is 8.03. The first-order chi connectivity index (χ1) is 13.0. The molecule has 0 unspecified atom stereocenters. The predicted octanol–water partition coefficient (Wildman–Crippen LogP) is 4.80. The fraction of sp³-hybridized carbons (Fsp3) is 0.143. The molecule has 0 radical (unpaired) electrons. The Balaban J connectivity index is 1.74. The van der Waals surface area contributed by atoms with Crippen LogP contribution in [0.15, 0.2) is 64.7 Å². The summed E-state index contributed by atoms with van der Waals surface area (Å²) in [6.07, 6.45) is 4.23. The number of carboxylic acids is 1. The summed E-state index contributed by atoms with van der Waals surface area (Å²) in [5.74, 6) is -0.793. The molecule has 0 aliphatic carbocycles. The second kappa shape index (κ2) is 7.25. The highest BCUT2D eigenvalue weighted by Gasteiger charge is 2.23. The Morgan fingerprint density at radius 1 is 1.26 bits per heavy atom. The Morgan fingerprint density at radius 3 is 2.89 bits per heavy atom. The van der Waals surface area contributed by atoms with Gasteiger partial charge in [0.15, 0.2) is 12.7 Å². The number of carboxylic acid groups (broad SMARTS) is 1. The number of para-hydroxylation sites is 1.